The Balaban J connectivity index is 2.15. The highest BCUT2D eigenvalue weighted by atomic mass is 16.5. The van der Waals surface area contributed by atoms with E-state index in [0.29, 0.717) is 0 Å². The SMILES string of the molecule is COc1cccc(CN2CC(C)(C)NCC2(C)C)c1. The summed E-state index contributed by atoms with van der Waals surface area (Å²) in [6.45, 7) is 12.2. The molecule has 0 spiro atoms. The topological polar surface area (TPSA) is 24.5 Å². The first-order valence-electron chi connectivity index (χ1n) is 6.95. The lowest BCUT2D eigenvalue weighted by molar-refractivity contribution is 0.0323. The van der Waals surface area contributed by atoms with Crippen LogP contribution in [0.3, 0.4) is 0 Å². The normalized spacial score (nSPS) is 22.2. The van der Waals surface area contributed by atoms with E-state index in [9.17, 15) is 0 Å². The van der Waals surface area contributed by atoms with Crippen molar-refractivity contribution in [1.82, 2.24) is 10.2 Å². The fraction of sp³-hybridized carbons (Fsp3) is 0.625. The van der Waals surface area contributed by atoms with Gasteiger partial charge >= 0.3 is 0 Å². The Kier molecular flexibility index (Phi) is 3.88. The Hall–Kier alpha value is -1.06. The number of benzene rings is 1. The van der Waals surface area contributed by atoms with E-state index in [1.54, 1.807) is 7.11 Å². The average Bonchev–Trinajstić information content (AvgIpc) is 2.35. The number of rotatable bonds is 3. The minimum absolute atomic E-state index is 0.175. The maximum atomic E-state index is 5.31. The molecule has 2 rings (SSSR count). The molecule has 0 amide bonds. The third-order valence-corrected chi connectivity index (χ3v) is 3.95. The Morgan fingerprint density at radius 3 is 2.68 bits per heavy atom. The van der Waals surface area contributed by atoms with Gasteiger partial charge in [0.1, 0.15) is 5.75 Å². The number of hydrogen-bond donors (Lipinski definition) is 1. The maximum Gasteiger partial charge on any atom is 0.119 e. The van der Waals surface area contributed by atoms with E-state index in [1.165, 1.54) is 5.56 Å². The summed E-state index contributed by atoms with van der Waals surface area (Å²) in [6, 6.07) is 8.36. The van der Waals surface area contributed by atoms with E-state index in [0.717, 1.165) is 25.4 Å². The van der Waals surface area contributed by atoms with Crippen LogP contribution in [-0.2, 0) is 6.54 Å². The number of hydrogen-bond acceptors (Lipinski definition) is 3. The van der Waals surface area contributed by atoms with Gasteiger partial charge in [-0.3, -0.25) is 4.90 Å². The maximum absolute atomic E-state index is 5.31. The fourth-order valence-electron chi connectivity index (χ4n) is 2.58. The van der Waals surface area contributed by atoms with Crippen molar-refractivity contribution in [3.8, 4) is 5.75 Å². The van der Waals surface area contributed by atoms with Crippen LogP contribution in [0.5, 0.6) is 5.75 Å². The van der Waals surface area contributed by atoms with E-state index in [4.69, 9.17) is 4.74 Å². The Morgan fingerprint density at radius 2 is 2.00 bits per heavy atom. The molecule has 0 radical (unpaired) electrons. The van der Waals surface area contributed by atoms with Crippen molar-refractivity contribution in [3.05, 3.63) is 29.8 Å². The molecule has 1 fully saturated rings. The largest absolute Gasteiger partial charge is 0.497 e. The molecule has 3 nitrogen and oxygen atoms in total. The molecule has 0 saturated carbocycles. The molecule has 19 heavy (non-hydrogen) atoms. The van der Waals surface area contributed by atoms with Crippen LogP contribution in [0.1, 0.15) is 33.3 Å². The van der Waals surface area contributed by atoms with Gasteiger partial charge in [-0.25, -0.2) is 0 Å². The molecule has 0 aromatic heterocycles. The molecule has 106 valence electrons. The number of nitrogens with one attached hydrogen (secondary N) is 1. The molecule has 3 heteroatoms. The lowest BCUT2D eigenvalue weighted by atomic mass is 9.91. The zero-order chi connectivity index (χ0) is 14.1. The number of ether oxygens (including phenoxy) is 1. The van der Waals surface area contributed by atoms with Crippen LogP contribution in [0.2, 0.25) is 0 Å². The van der Waals surface area contributed by atoms with Gasteiger partial charge in [0.2, 0.25) is 0 Å². The first kappa shape index (κ1) is 14.4. The van der Waals surface area contributed by atoms with Gasteiger partial charge in [0.15, 0.2) is 0 Å². The van der Waals surface area contributed by atoms with Gasteiger partial charge in [0.25, 0.3) is 0 Å². The van der Waals surface area contributed by atoms with Gasteiger partial charge < -0.3 is 10.1 Å². The van der Waals surface area contributed by atoms with Crippen molar-refractivity contribution in [2.45, 2.75) is 45.3 Å². The summed E-state index contributed by atoms with van der Waals surface area (Å²) in [5.74, 6) is 0.935. The van der Waals surface area contributed by atoms with Gasteiger partial charge in [-0.1, -0.05) is 12.1 Å². The zero-order valence-electron chi connectivity index (χ0n) is 12.8. The highest BCUT2D eigenvalue weighted by Crippen LogP contribution is 2.26. The molecule has 1 aliphatic rings. The molecule has 1 aliphatic heterocycles. The Bertz CT molecular complexity index is 440. The molecular weight excluding hydrogens is 236 g/mol. The van der Waals surface area contributed by atoms with Gasteiger partial charge in [-0.05, 0) is 45.4 Å². The highest BCUT2D eigenvalue weighted by molar-refractivity contribution is 5.28. The monoisotopic (exact) mass is 262 g/mol. The number of piperazine rings is 1. The Morgan fingerprint density at radius 1 is 1.26 bits per heavy atom. The van der Waals surface area contributed by atoms with E-state index >= 15 is 0 Å². The van der Waals surface area contributed by atoms with E-state index in [1.807, 2.05) is 6.07 Å². The second kappa shape index (κ2) is 5.14. The summed E-state index contributed by atoms with van der Waals surface area (Å²) < 4.78 is 5.31. The number of nitrogens with zero attached hydrogens (tertiary/aromatic N) is 1. The van der Waals surface area contributed by atoms with Crippen LogP contribution in [0, 0.1) is 0 Å². The predicted octanol–water partition coefficient (Wildman–Crippen LogP) is 2.66. The average molecular weight is 262 g/mol. The molecule has 1 N–H and O–H groups in total. The molecule has 0 bridgehead atoms. The van der Waals surface area contributed by atoms with Crippen LogP contribution in [0.25, 0.3) is 0 Å². The second-order valence-corrected chi connectivity index (χ2v) is 6.76. The molecule has 0 unspecified atom stereocenters. The second-order valence-electron chi connectivity index (χ2n) is 6.76. The van der Waals surface area contributed by atoms with Crippen LogP contribution >= 0.6 is 0 Å². The summed E-state index contributed by atoms with van der Waals surface area (Å²) in [5, 5.41) is 3.62. The highest BCUT2D eigenvalue weighted by Gasteiger charge is 2.37. The van der Waals surface area contributed by atoms with Crippen molar-refractivity contribution in [2.24, 2.45) is 0 Å². The van der Waals surface area contributed by atoms with Crippen LogP contribution in [0.4, 0.5) is 0 Å². The summed E-state index contributed by atoms with van der Waals surface area (Å²) in [6.07, 6.45) is 0. The van der Waals surface area contributed by atoms with Crippen LogP contribution < -0.4 is 10.1 Å². The summed E-state index contributed by atoms with van der Waals surface area (Å²) >= 11 is 0. The lowest BCUT2D eigenvalue weighted by Gasteiger charge is -2.49. The van der Waals surface area contributed by atoms with Gasteiger partial charge in [0.05, 0.1) is 7.11 Å². The number of methoxy groups -OCH3 is 1. The van der Waals surface area contributed by atoms with Crippen molar-refractivity contribution in [1.29, 1.82) is 0 Å². The Labute approximate surface area is 116 Å². The first-order chi connectivity index (χ1) is 8.82. The van der Waals surface area contributed by atoms with Gasteiger partial charge in [-0.2, -0.15) is 0 Å². The molecule has 1 aromatic rings. The molecule has 1 heterocycles. The summed E-state index contributed by atoms with van der Waals surface area (Å²) in [7, 11) is 1.72. The van der Waals surface area contributed by atoms with Gasteiger partial charge in [0, 0.05) is 30.7 Å². The van der Waals surface area contributed by atoms with Gasteiger partial charge in [-0.15, -0.1) is 0 Å². The third-order valence-electron chi connectivity index (χ3n) is 3.95. The molecular formula is C16H26N2O. The summed E-state index contributed by atoms with van der Waals surface area (Å²) in [4.78, 5) is 2.55. The molecule has 1 saturated heterocycles. The van der Waals surface area contributed by atoms with Crippen molar-refractivity contribution in [3.63, 3.8) is 0 Å². The van der Waals surface area contributed by atoms with Crippen molar-refractivity contribution < 1.29 is 4.74 Å². The van der Waals surface area contributed by atoms with Crippen LogP contribution in [0.15, 0.2) is 24.3 Å². The predicted molar refractivity (Wildman–Crippen MR) is 79.6 cm³/mol. The minimum Gasteiger partial charge on any atom is -0.497 e. The molecule has 1 aromatic carbocycles. The standard InChI is InChI=1S/C16H26N2O/c1-15(2)12-18(16(3,4)11-17-15)10-13-7-6-8-14(9-13)19-5/h6-9,17H,10-12H2,1-5H3. The fourth-order valence-corrected chi connectivity index (χ4v) is 2.58. The lowest BCUT2D eigenvalue weighted by Crippen LogP contribution is -2.65. The minimum atomic E-state index is 0.175. The summed E-state index contributed by atoms with van der Waals surface area (Å²) in [5.41, 5.74) is 1.66. The third kappa shape index (κ3) is 3.48. The van der Waals surface area contributed by atoms with E-state index in [2.05, 4.69) is 56.1 Å². The first-order valence-corrected chi connectivity index (χ1v) is 6.95. The molecule has 0 atom stereocenters. The van der Waals surface area contributed by atoms with Crippen LogP contribution in [-0.4, -0.2) is 36.2 Å². The van der Waals surface area contributed by atoms with Crippen molar-refractivity contribution in [2.75, 3.05) is 20.2 Å². The van der Waals surface area contributed by atoms with Crippen molar-refractivity contribution >= 4 is 0 Å². The smallest absolute Gasteiger partial charge is 0.119 e. The zero-order valence-corrected chi connectivity index (χ0v) is 12.8. The van der Waals surface area contributed by atoms with E-state index < -0.39 is 0 Å². The van der Waals surface area contributed by atoms with E-state index in [-0.39, 0.29) is 11.1 Å². The molecule has 0 aliphatic carbocycles. The quantitative estimate of drug-likeness (QED) is 0.906.